The molecule has 0 spiro atoms. The lowest BCUT2D eigenvalue weighted by Crippen LogP contribution is -2.69. The number of halogens is 4. The first-order chi connectivity index (χ1) is 13.8. The van der Waals surface area contributed by atoms with E-state index in [1.807, 2.05) is 0 Å². The summed E-state index contributed by atoms with van der Waals surface area (Å²) < 4.78 is 42.4. The average Bonchev–Trinajstić information content (AvgIpc) is 3.08. The normalized spacial score (nSPS) is 30.6. The van der Waals surface area contributed by atoms with Gasteiger partial charge in [-0.3, -0.25) is 4.79 Å². The molecule has 3 nitrogen and oxygen atoms in total. The highest BCUT2D eigenvalue weighted by Crippen LogP contribution is 2.78. The minimum absolute atomic E-state index is 0.193. The molecule has 150 valence electrons. The maximum absolute atomic E-state index is 15.1. The molecular weight excluding hydrogens is 401 g/mol. The monoisotopic (exact) mass is 418 g/mol. The van der Waals surface area contributed by atoms with Crippen molar-refractivity contribution in [2.24, 2.45) is 15.9 Å². The summed E-state index contributed by atoms with van der Waals surface area (Å²) >= 11 is 5.98. The zero-order chi connectivity index (χ0) is 20.4. The van der Waals surface area contributed by atoms with Gasteiger partial charge in [-0.2, -0.15) is 5.10 Å². The second-order valence-corrected chi connectivity index (χ2v) is 8.93. The Morgan fingerprint density at radius 2 is 1.83 bits per heavy atom. The smallest absolute Gasteiger partial charge is 0.249 e. The highest BCUT2D eigenvalue weighted by molar-refractivity contribution is 6.30. The van der Waals surface area contributed by atoms with Crippen LogP contribution in [0.25, 0.3) is 0 Å². The lowest BCUT2D eigenvalue weighted by Gasteiger charge is -2.70. The highest BCUT2D eigenvalue weighted by atomic mass is 35.5. The van der Waals surface area contributed by atoms with E-state index < -0.39 is 34.7 Å². The van der Waals surface area contributed by atoms with E-state index in [2.05, 4.69) is 5.10 Å². The van der Waals surface area contributed by atoms with Crippen molar-refractivity contribution in [1.29, 1.82) is 0 Å². The van der Waals surface area contributed by atoms with Crippen molar-refractivity contribution in [1.82, 2.24) is 5.01 Å². The molecule has 29 heavy (non-hydrogen) atoms. The van der Waals surface area contributed by atoms with E-state index in [0.717, 1.165) is 6.07 Å². The van der Waals surface area contributed by atoms with Crippen LogP contribution >= 0.6 is 11.6 Å². The number of rotatable bonds is 4. The highest BCUT2D eigenvalue weighted by Gasteiger charge is 2.75. The summed E-state index contributed by atoms with van der Waals surface area (Å²) in [5.74, 6) is -1.57. The Hall–Kier alpha value is -2.34. The van der Waals surface area contributed by atoms with Gasteiger partial charge in [-0.25, -0.2) is 18.2 Å². The molecule has 3 fully saturated rings. The number of hydrogen-bond acceptors (Lipinski definition) is 2. The largest absolute Gasteiger partial charge is 0.272 e. The molecule has 3 saturated carbocycles. The standard InChI is InChI=1S/C22H18ClF3N2O/c23-15-3-1-2-13(6-15)19(26)21-10-22(11-21,12-21)20(29)28-18(4-5-27-28)14-7-16(24)9-17(25)8-14/h1-3,5-9,18-19H,4,10-12H2. The molecule has 0 radical (unpaired) electrons. The summed E-state index contributed by atoms with van der Waals surface area (Å²) in [6.45, 7) is 0. The van der Waals surface area contributed by atoms with Crippen molar-refractivity contribution in [3.05, 3.63) is 70.2 Å². The number of alkyl halides is 1. The summed E-state index contributed by atoms with van der Waals surface area (Å²) in [5, 5.41) is 5.97. The molecule has 1 aliphatic heterocycles. The number of amides is 1. The number of carbonyl (C=O) groups is 1. The van der Waals surface area contributed by atoms with E-state index >= 15 is 4.39 Å². The molecule has 2 aromatic carbocycles. The van der Waals surface area contributed by atoms with Crippen LogP contribution in [0.3, 0.4) is 0 Å². The lowest BCUT2D eigenvalue weighted by atomic mass is 9.33. The van der Waals surface area contributed by atoms with E-state index in [0.29, 0.717) is 41.8 Å². The van der Waals surface area contributed by atoms with E-state index in [1.54, 1.807) is 30.5 Å². The molecule has 1 amide bonds. The number of carbonyl (C=O) groups excluding carboxylic acids is 1. The fourth-order valence-corrected chi connectivity index (χ4v) is 5.48. The lowest BCUT2D eigenvalue weighted by molar-refractivity contribution is -0.242. The first-order valence-electron chi connectivity index (χ1n) is 9.54. The van der Waals surface area contributed by atoms with Gasteiger partial charge >= 0.3 is 0 Å². The van der Waals surface area contributed by atoms with Gasteiger partial charge in [0.15, 0.2) is 0 Å². The molecular formula is C22H18ClF3N2O. The van der Waals surface area contributed by atoms with Crippen LogP contribution in [0.2, 0.25) is 5.02 Å². The average molecular weight is 419 g/mol. The van der Waals surface area contributed by atoms with Crippen LogP contribution in [-0.2, 0) is 4.79 Å². The maximum Gasteiger partial charge on any atom is 0.249 e. The Kier molecular flexibility index (Phi) is 4.07. The zero-order valence-corrected chi connectivity index (χ0v) is 16.2. The second-order valence-electron chi connectivity index (χ2n) is 8.49. The van der Waals surface area contributed by atoms with Gasteiger partial charge in [-0.1, -0.05) is 23.7 Å². The molecule has 0 saturated heterocycles. The first-order valence-corrected chi connectivity index (χ1v) is 9.91. The molecule has 4 aliphatic rings. The summed E-state index contributed by atoms with van der Waals surface area (Å²) in [5.41, 5.74) is -0.263. The summed E-state index contributed by atoms with van der Waals surface area (Å²) in [4.78, 5) is 13.2. The van der Waals surface area contributed by atoms with Gasteiger partial charge in [0, 0.05) is 29.1 Å². The number of hydrazone groups is 1. The van der Waals surface area contributed by atoms with Crippen LogP contribution in [0.1, 0.15) is 49.0 Å². The van der Waals surface area contributed by atoms with Crippen LogP contribution in [-0.4, -0.2) is 17.1 Å². The van der Waals surface area contributed by atoms with Gasteiger partial charge < -0.3 is 0 Å². The van der Waals surface area contributed by atoms with Crippen molar-refractivity contribution >= 4 is 23.7 Å². The van der Waals surface area contributed by atoms with Gasteiger partial charge in [-0.15, -0.1) is 0 Å². The third-order valence-electron chi connectivity index (χ3n) is 6.51. The Bertz CT molecular complexity index is 1000. The van der Waals surface area contributed by atoms with Crippen molar-refractivity contribution < 1.29 is 18.0 Å². The minimum Gasteiger partial charge on any atom is -0.272 e. The molecule has 2 aromatic rings. The van der Waals surface area contributed by atoms with Crippen LogP contribution in [0.5, 0.6) is 0 Å². The quantitative estimate of drug-likeness (QED) is 0.621. The predicted molar refractivity (Wildman–Crippen MR) is 103 cm³/mol. The Labute approximate surface area is 171 Å². The maximum atomic E-state index is 15.1. The Balaban J connectivity index is 1.32. The second kappa shape index (κ2) is 6.33. The fraction of sp³-hybridized carbons (Fsp3) is 0.364. The molecule has 7 heteroatoms. The summed E-state index contributed by atoms with van der Waals surface area (Å²) in [7, 11) is 0. The summed E-state index contributed by atoms with van der Waals surface area (Å²) in [6, 6.07) is 9.47. The van der Waals surface area contributed by atoms with E-state index in [1.165, 1.54) is 17.1 Å². The fourth-order valence-electron chi connectivity index (χ4n) is 5.28. The number of nitrogens with zero attached hydrogens (tertiary/aromatic N) is 2. The summed E-state index contributed by atoms with van der Waals surface area (Å²) in [6.07, 6.45) is 2.14. The SMILES string of the molecule is O=C(N1N=CCC1c1cc(F)cc(F)c1)C12CC(C(F)c3cccc(Cl)c3)(C1)C2. The van der Waals surface area contributed by atoms with Crippen LogP contribution in [0.15, 0.2) is 47.6 Å². The molecule has 2 bridgehead atoms. The van der Waals surface area contributed by atoms with Crippen molar-refractivity contribution in [3.63, 3.8) is 0 Å². The number of hydrogen-bond donors (Lipinski definition) is 0. The van der Waals surface area contributed by atoms with Crippen molar-refractivity contribution in [3.8, 4) is 0 Å². The van der Waals surface area contributed by atoms with E-state index in [9.17, 15) is 13.6 Å². The molecule has 2 atom stereocenters. The third kappa shape index (κ3) is 2.80. The van der Waals surface area contributed by atoms with Crippen LogP contribution < -0.4 is 0 Å². The molecule has 0 aromatic heterocycles. The van der Waals surface area contributed by atoms with E-state index in [4.69, 9.17) is 11.6 Å². The Morgan fingerprint density at radius 3 is 2.48 bits per heavy atom. The molecule has 3 aliphatic carbocycles. The number of benzene rings is 2. The predicted octanol–water partition coefficient (Wildman–Crippen LogP) is 5.76. The van der Waals surface area contributed by atoms with Crippen LogP contribution in [0, 0.1) is 22.5 Å². The van der Waals surface area contributed by atoms with Crippen molar-refractivity contribution in [2.75, 3.05) is 0 Å². The minimum atomic E-state index is -1.17. The van der Waals surface area contributed by atoms with E-state index in [-0.39, 0.29) is 5.91 Å². The van der Waals surface area contributed by atoms with Gasteiger partial charge in [0.25, 0.3) is 0 Å². The Morgan fingerprint density at radius 1 is 1.14 bits per heavy atom. The third-order valence-corrected chi connectivity index (χ3v) is 6.75. The molecule has 2 unspecified atom stereocenters. The van der Waals surface area contributed by atoms with Gasteiger partial charge in [-0.05, 0) is 54.7 Å². The van der Waals surface area contributed by atoms with Gasteiger partial charge in [0.1, 0.15) is 17.8 Å². The molecule has 0 N–H and O–H groups in total. The van der Waals surface area contributed by atoms with Crippen molar-refractivity contribution in [2.45, 2.75) is 37.9 Å². The van der Waals surface area contributed by atoms with Gasteiger partial charge in [0.2, 0.25) is 5.91 Å². The zero-order valence-electron chi connectivity index (χ0n) is 15.4. The van der Waals surface area contributed by atoms with Gasteiger partial charge in [0.05, 0.1) is 11.5 Å². The molecule has 1 heterocycles. The van der Waals surface area contributed by atoms with Crippen LogP contribution in [0.4, 0.5) is 13.2 Å². The first kappa shape index (κ1) is 18.7. The molecule has 6 rings (SSSR count). The topological polar surface area (TPSA) is 32.7 Å².